The first-order valence-corrected chi connectivity index (χ1v) is 4.96. The van der Waals surface area contributed by atoms with E-state index in [2.05, 4.69) is 11.6 Å². The second-order valence-corrected chi connectivity index (χ2v) is 3.37. The third-order valence-corrected chi connectivity index (χ3v) is 2.29. The molecule has 0 bridgehead atoms. The summed E-state index contributed by atoms with van der Waals surface area (Å²) in [6.45, 7) is 5.27. The summed E-state index contributed by atoms with van der Waals surface area (Å²) in [6, 6.07) is 0. The van der Waals surface area contributed by atoms with E-state index in [4.69, 9.17) is 10.2 Å². The van der Waals surface area contributed by atoms with E-state index in [0.717, 1.165) is 0 Å². The van der Waals surface area contributed by atoms with Crippen molar-refractivity contribution in [3.05, 3.63) is 34.5 Å². The first-order valence-electron chi connectivity index (χ1n) is 4.96. The Hall–Kier alpha value is -2.30. The van der Waals surface area contributed by atoms with Crippen molar-refractivity contribution in [2.24, 2.45) is 0 Å². The normalized spacial score (nSPS) is 12.8. The molecule has 5 nitrogen and oxygen atoms in total. The maximum atomic E-state index is 11.0. The number of hydrogen-bond donors (Lipinski definition) is 3. The van der Waals surface area contributed by atoms with E-state index in [-0.39, 0.29) is 17.7 Å². The molecule has 1 rings (SSSR count). The molecule has 0 saturated carbocycles. The van der Waals surface area contributed by atoms with Crippen LogP contribution < -0.4 is 10.6 Å². The molecule has 5 heteroatoms. The Kier molecular flexibility index (Phi) is 3.87. The molecular formula is C12H13NO4. The Balaban J connectivity index is 3.66. The van der Waals surface area contributed by atoms with Gasteiger partial charge in [-0.05, 0) is 6.92 Å². The molecule has 0 aliphatic heterocycles. The maximum Gasteiger partial charge on any atom is 0.352 e. The van der Waals surface area contributed by atoms with Gasteiger partial charge in [0.2, 0.25) is 0 Å². The van der Waals surface area contributed by atoms with Crippen molar-refractivity contribution in [3.63, 3.8) is 0 Å². The second-order valence-electron chi connectivity index (χ2n) is 3.37. The summed E-state index contributed by atoms with van der Waals surface area (Å²) in [7, 11) is 0. The zero-order valence-corrected chi connectivity index (χ0v) is 9.36. The minimum Gasteiger partial charge on any atom is -0.481 e. The zero-order chi connectivity index (χ0) is 13.0. The Morgan fingerprint density at radius 3 is 2.47 bits per heavy atom. The summed E-state index contributed by atoms with van der Waals surface area (Å²) >= 11 is 0. The highest BCUT2D eigenvalue weighted by Gasteiger charge is 2.16. The third-order valence-electron chi connectivity index (χ3n) is 2.29. The number of carboxylic acid groups (broad SMARTS) is 2. The van der Waals surface area contributed by atoms with Crippen molar-refractivity contribution in [1.29, 1.82) is 0 Å². The van der Waals surface area contributed by atoms with Gasteiger partial charge in [0.05, 0.1) is 6.42 Å². The minimum atomic E-state index is -1.17. The molecule has 0 aliphatic rings. The number of aromatic carboxylic acids is 1. The number of hydrogen-bond acceptors (Lipinski definition) is 2. The van der Waals surface area contributed by atoms with Gasteiger partial charge in [-0.1, -0.05) is 24.8 Å². The number of H-pyrrole nitrogens is 1. The minimum absolute atomic E-state index is 0.0893. The van der Waals surface area contributed by atoms with Crippen LogP contribution in [0.25, 0.3) is 12.2 Å². The van der Waals surface area contributed by atoms with Crippen molar-refractivity contribution in [3.8, 4) is 0 Å². The molecule has 0 unspecified atom stereocenters. The van der Waals surface area contributed by atoms with Gasteiger partial charge in [-0.25, -0.2) is 4.79 Å². The fraction of sp³-hybridized carbons (Fsp3) is 0.167. The number of carboxylic acids is 2. The number of rotatable bonds is 4. The molecule has 0 aromatic carbocycles. The Labute approximate surface area is 97.4 Å². The quantitative estimate of drug-likeness (QED) is 0.690. The Morgan fingerprint density at radius 1 is 1.41 bits per heavy atom. The van der Waals surface area contributed by atoms with Crippen LogP contribution in [0.5, 0.6) is 0 Å². The average Bonchev–Trinajstić information content (AvgIpc) is 2.57. The molecule has 0 spiro atoms. The third kappa shape index (κ3) is 2.63. The first-order chi connectivity index (χ1) is 8.01. The van der Waals surface area contributed by atoms with Gasteiger partial charge < -0.3 is 15.2 Å². The molecule has 1 aromatic rings. The van der Waals surface area contributed by atoms with E-state index in [1.807, 2.05) is 0 Å². The van der Waals surface area contributed by atoms with Gasteiger partial charge in [0.15, 0.2) is 0 Å². The number of aromatic nitrogens is 1. The summed E-state index contributed by atoms with van der Waals surface area (Å²) in [5.74, 6) is -2.25. The molecule has 0 saturated heterocycles. The molecular weight excluding hydrogens is 222 g/mol. The molecule has 1 aromatic heterocycles. The summed E-state index contributed by atoms with van der Waals surface area (Å²) in [4.78, 5) is 24.4. The van der Waals surface area contributed by atoms with Crippen LogP contribution >= 0.6 is 0 Å². The van der Waals surface area contributed by atoms with Gasteiger partial charge >= 0.3 is 11.9 Å². The van der Waals surface area contributed by atoms with Crippen LogP contribution in [0.15, 0.2) is 12.7 Å². The van der Waals surface area contributed by atoms with Crippen molar-refractivity contribution >= 4 is 24.1 Å². The lowest BCUT2D eigenvalue weighted by molar-refractivity contribution is -0.136. The fourth-order valence-electron chi connectivity index (χ4n) is 1.63. The maximum absolute atomic E-state index is 11.0. The summed E-state index contributed by atoms with van der Waals surface area (Å²) in [5.41, 5.74) is 0.173. The van der Waals surface area contributed by atoms with Crippen molar-refractivity contribution in [2.75, 3.05) is 0 Å². The Bertz CT molecular complexity index is 580. The predicted octanol–water partition coefficient (Wildman–Crippen LogP) is 0.107. The molecule has 0 radical (unpaired) electrons. The monoisotopic (exact) mass is 235 g/mol. The number of aromatic amines is 1. The molecule has 17 heavy (non-hydrogen) atoms. The first kappa shape index (κ1) is 12.8. The van der Waals surface area contributed by atoms with E-state index >= 15 is 0 Å². The van der Waals surface area contributed by atoms with Crippen LogP contribution in [0.1, 0.15) is 23.0 Å². The Morgan fingerprint density at radius 2 is 2.06 bits per heavy atom. The van der Waals surface area contributed by atoms with Crippen LogP contribution in [0.3, 0.4) is 0 Å². The summed E-state index contributed by atoms with van der Waals surface area (Å²) < 4.78 is 0. The lowest BCUT2D eigenvalue weighted by Crippen LogP contribution is -2.25. The number of allylic oxidation sites excluding steroid dienone is 1. The molecule has 0 atom stereocenters. The van der Waals surface area contributed by atoms with Crippen LogP contribution in [0.2, 0.25) is 0 Å². The number of carbonyl (C=O) groups is 2. The average molecular weight is 235 g/mol. The fourth-order valence-corrected chi connectivity index (χ4v) is 1.63. The molecule has 0 amide bonds. The number of aliphatic carboxylic acids is 1. The highest BCUT2D eigenvalue weighted by Crippen LogP contribution is 2.00. The highest BCUT2D eigenvalue weighted by atomic mass is 16.4. The van der Waals surface area contributed by atoms with Crippen LogP contribution in [0.4, 0.5) is 0 Å². The smallest absolute Gasteiger partial charge is 0.352 e. The molecule has 0 fully saturated rings. The second kappa shape index (κ2) is 5.16. The van der Waals surface area contributed by atoms with Gasteiger partial charge in [0.1, 0.15) is 5.69 Å². The van der Waals surface area contributed by atoms with Crippen molar-refractivity contribution < 1.29 is 19.8 Å². The molecule has 3 N–H and O–H groups in total. The van der Waals surface area contributed by atoms with Gasteiger partial charge in [-0.3, -0.25) is 4.79 Å². The van der Waals surface area contributed by atoms with Gasteiger partial charge in [0, 0.05) is 16.1 Å². The number of nitrogens with one attached hydrogen (secondary N) is 1. The van der Waals surface area contributed by atoms with Gasteiger partial charge in [0.25, 0.3) is 0 Å². The zero-order valence-electron chi connectivity index (χ0n) is 9.36. The van der Waals surface area contributed by atoms with Crippen molar-refractivity contribution in [1.82, 2.24) is 4.98 Å². The predicted molar refractivity (Wildman–Crippen MR) is 63.1 cm³/mol. The standard InChI is InChI=1S/C12H13NO4/c1-3-5-7-8(6-10(14)15)11(12(16)17)13-9(7)4-2/h3-5,13H,1,6H2,2H3,(H,14,15)(H,16,17)/b7-5-,9-4+. The molecule has 0 aliphatic carbocycles. The molecule has 1 heterocycles. The van der Waals surface area contributed by atoms with Crippen LogP contribution in [-0.4, -0.2) is 27.1 Å². The highest BCUT2D eigenvalue weighted by molar-refractivity contribution is 5.89. The van der Waals surface area contributed by atoms with Gasteiger partial charge in [-0.2, -0.15) is 0 Å². The summed E-state index contributed by atoms with van der Waals surface area (Å²) in [6.07, 6.45) is 4.43. The van der Waals surface area contributed by atoms with E-state index in [1.165, 1.54) is 6.08 Å². The topological polar surface area (TPSA) is 90.4 Å². The lowest BCUT2D eigenvalue weighted by atomic mass is 10.1. The van der Waals surface area contributed by atoms with Crippen LogP contribution in [0, 0.1) is 0 Å². The van der Waals surface area contributed by atoms with E-state index in [0.29, 0.717) is 10.6 Å². The molecule has 90 valence electrons. The van der Waals surface area contributed by atoms with E-state index in [1.54, 1.807) is 19.1 Å². The lowest BCUT2D eigenvalue weighted by Gasteiger charge is -1.95. The largest absolute Gasteiger partial charge is 0.481 e. The van der Waals surface area contributed by atoms with E-state index < -0.39 is 11.9 Å². The van der Waals surface area contributed by atoms with Crippen molar-refractivity contribution in [2.45, 2.75) is 13.3 Å². The van der Waals surface area contributed by atoms with E-state index in [9.17, 15) is 9.59 Å². The SMILES string of the molecule is C=C/C=c1/c(CC(=O)O)c(C(=O)O)[nH]/c1=C/C. The van der Waals surface area contributed by atoms with Gasteiger partial charge in [-0.15, -0.1) is 0 Å². The van der Waals surface area contributed by atoms with Crippen LogP contribution in [-0.2, 0) is 11.2 Å². The summed E-state index contributed by atoms with van der Waals surface area (Å²) in [5, 5.41) is 18.9.